The summed E-state index contributed by atoms with van der Waals surface area (Å²) in [7, 11) is 0. The lowest BCUT2D eigenvalue weighted by Crippen LogP contribution is -2.25. The lowest BCUT2D eigenvalue weighted by atomic mass is 10.1. The Kier molecular flexibility index (Phi) is 5.31. The van der Waals surface area contributed by atoms with Crippen LogP contribution in [0, 0.1) is 0 Å². The minimum Gasteiger partial charge on any atom is -0.489 e. The highest BCUT2D eigenvalue weighted by Crippen LogP contribution is 2.39. The smallest absolute Gasteiger partial charge is 0.179 e. The second-order valence-corrected chi connectivity index (χ2v) is 4.98. The van der Waals surface area contributed by atoms with Crippen molar-refractivity contribution in [3.63, 3.8) is 0 Å². The summed E-state index contributed by atoms with van der Waals surface area (Å²) in [6.07, 6.45) is 1.85. The average molecular weight is 286 g/mol. The van der Waals surface area contributed by atoms with E-state index in [2.05, 4.69) is 12.2 Å². The molecule has 1 aliphatic heterocycles. The molecule has 1 aliphatic rings. The normalized spacial score (nSPS) is 15.9. The van der Waals surface area contributed by atoms with Crippen molar-refractivity contribution >= 4 is 11.6 Å². The van der Waals surface area contributed by atoms with Gasteiger partial charge in [0.15, 0.2) is 11.5 Å². The highest BCUT2D eigenvalue weighted by atomic mass is 35.5. The van der Waals surface area contributed by atoms with Crippen molar-refractivity contribution < 1.29 is 14.6 Å². The van der Waals surface area contributed by atoms with Crippen molar-refractivity contribution in [3.8, 4) is 11.5 Å². The molecule has 1 unspecified atom stereocenters. The number of hydrogen-bond acceptors (Lipinski definition) is 4. The van der Waals surface area contributed by atoms with Gasteiger partial charge in [0.2, 0.25) is 0 Å². The van der Waals surface area contributed by atoms with Crippen molar-refractivity contribution in [1.29, 1.82) is 0 Å². The summed E-state index contributed by atoms with van der Waals surface area (Å²) in [5.74, 6) is 1.27. The zero-order valence-electron chi connectivity index (χ0n) is 11.1. The maximum Gasteiger partial charge on any atom is 0.179 e. The highest BCUT2D eigenvalue weighted by molar-refractivity contribution is 6.32. The van der Waals surface area contributed by atoms with Gasteiger partial charge in [0.1, 0.15) is 0 Å². The van der Waals surface area contributed by atoms with E-state index in [9.17, 15) is 5.11 Å². The van der Waals surface area contributed by atoms with Crippen LogP contribution in [0.4, 0.5) is 0 Å². The van der Waals surface area contributed by atoms with Crippen LogP contribution in [0.2, 0.25) is 5.02 Å². The van der Waals surface area contributed by atoms with Crippen LogP contribution in [0.5, 0.6) is 11.5 Å². The molecule has 0 saturated heterocycles. The van der Waals surface area contributed by atoms with E-state index in [0.29, 0.717) is 29.7 Å². The van der Waals surface area contributed by atoms with Crippen molar-refractivity contribution in [2.45, 2.75) is 25.8 Å². The van der Waals surface area contributed by atoms with E-state index in [1.54, 1.807) is 0 Å². The van der Waals surface area contributed by atoms with Gasteiger partial charge in [-0.25, -0.2) is 0 Å². The first-order chi connectivity index (χ1) is 9.26. The second kappa shape index (κ2) is 6.98. The SMILES string of the molecule is CCCNC(CO)c1cc(Cl)c2c(c1)OCCCO2. The van der Waals surface area contributed by atoms with Crippen LogP contribution in [-0.2, 0) is 0 Å². The Morgan fingerprint density at radius 1 is 1.37 bits per heavy atom. The van der Waals surface area contributed by atoms with Gasteiger partial charge in [0.05, 0.1) is 30.9 Å². The van der Waals surface area contributed by atoms with Gasteiger partial charge >= 0.3 is 0 Å². The average Bonchev–Trinajstić information content (AvgIpc) is 2.65. The molecule has 1 heterocycles. The molecule has 0 fully saturated rings. The van der Waals surface area contributed by atoms with Crippen molar-refractivity contribution in [1.82, 2.24) is 5.32 Å². The van der Waals surface area contributed by atoms with E-state index in [1.807, 2.05) is 12.1 Å². The summed E-state index contributed by atoms with van der Waals surface area (Å²) in [5.41, 5.74) is 0.921. The van der Waals surface area contributed by atoms with E-state index >= 15 is 0 Å². The van der Waals surface area contributed by atoms with Crippen LogP contribution in [0.25, 0.3) is 0 Å². The fraction of sp³-hybridized carbons (Fsp3) is 0.571. The van der Waals surface area contributed by atoms with Gasteiger partial charge in [-0.15, -0.1) is 0 Å². The molecule has 1 aromatic rings. The number of fused-ring (bicyclic) bond motifs is 1. The third-order valence-corrected chi connectivity index (χ3v) is 3.33. The number of hydrogen-bond donors (Lipinski definition) is 2. The zero-order valence-corrected chi connectivity index (χ0v) is 11.9. The molecule has 2 rings (SSSR count). The molecule has 19 heavy (non-hydrogen) atoms. The van der Waals surface area contributed by atoms with E-state index in [4.69, 9.17) is 21.1 Å². The molecule has 0 amide bonds. The van der Waals surface area contributed by atoms with Gasteiger partial charge < -0.3 is 19.9 Å². The van der Waals surface area contributed by atoms with Gasteiger partial charge in [0.25, 0.3) is 0 Å². The predicted molar refractivity (Wildman–Crippen MR) is 75.2 cm³/mol. The molecule has 4 nitrogen and oxygen atoms in total. The lowest BCUT2D eigenvalue weighted by Gasteiger charge is -2.19. The molecule has 0 aliphatic carbocycles. The largest absolute Gasteiger partial charge is 0.489 e. The first-order valence-corrected chi connectivity index (χ1v) is 7.07. The van der Waals surface area contributed by atoms with Crippen LogP contribution in [0.3, 0.4) is 0 Å². The minimum atomic E-state index is -0.130. The van der Waals surface area contributed by atoms with E-state index in [-0.39, 0.29) is 12.6 Å². The summed E-state index contributed by atoms with van der Waals surface area (Å²) in [6, 6.07) is 3.60. The molecule has 1 atom stereocenters. The number of ether oxygens (including phenoxy) is 2. The summed E-state index contributed by atoms with van der Waals surface area (Å²) in [5, 5.41) is 13.3. The highest BCUT2D eigenvalue weighted by Gasteiger charge is 2.19. The monoisotopic (exact) mass is 285 g/mol. The van der Waals surface area contributed by atoms with E-state index in [1.165, 1.54) is 0 Å². The van der Waals surface area contributed by atoms with Gasteiger partial charge in [-0.3, -0.25) is 0 Å². The van der Waals surface area contributed by atoms with Crippen LogP contribution >= 0.6 is 11.6 Å². The zero-order chi connectivity index (χ0) is 13.7. The maximum absolute atomic E-state index is 9.48. The van der Waals surface area contributed by atoms with Gasteiger partial charge in [-0.2, -0.15) is 0 Å². The molecule has 0 radical (unpaired) electrons. The minimum absolute atomic E-state index is 0.0238. The number of benzene rings is 1. The Labute approximate surface area is 118 Å². The molecular weight excluding hydrogens is 266 g/mol. The molecule has 2 N–H and O–H groups in total. The molecule has 5 heteroatoms. The number of rotatable bonds is 5. The van der Waals surface area contributed by atoms with Crippen molar-refractivity contribution in [2.24, 2.45) is 0 Å². The first-order valence-electron chi connectivity index (χ1n) is 6.69. The van der Waals surface area contributed by atoms with Gasteiger partial charge in [-0.1, -0.05) is 18.5 Å². The van der Waals surface area contributed by atoms with Crippen LogP contribution in [-0.4, -0.2) is 31.5 Å². The molecule has 0 saturated carbocycles. The fourth-order valence-corrected chi connectivity index (χ4v) is 2.33. The quantitative estimate of drug-likeness (QED) is 0.873. The maximum atomic E-state index is 9.48. The Morgan fingerprint density at radius 3 is 2.89 bits per heavy atom. The Hall–Kier alpha value is -0.970. The second-order valence-electron chi connectivity index (χ2n) is 4.57. The first kappa shape index (κ1) is 14.4. The summed E-state index contributed by atoms with van der Waals surface area (Å²) in [4.78, 5) is 0. The summed E-state index contributed by atoms with van der Waals surface area (Å²) >= 11 is 6.24. The lowest BCUT2D eigenvalue weighted by molar-refractivity contribution is 0.244. The van der Waals surface area contributed by atoms with Crippen LogP contribution < -0.4 is 14.8 Å². The number of nitrogens with one attached hydrogen (secondary N) is 1. The van der Waals surface area contributed by atoms with Crippen molar-refractivity contribution in [2.75, 3.05) is 26.4 Å². The Bertz CT molecular complexity index is 425. The number of aliphatic hydroxyl groups excluding tert-OH is 1. The molecule has 0 spiro atoms. The topological polar surface area (TPSA) is 50.7 Å². The van der Waals surface area contributed by atoms with E-state index < -0.39 is 0 Å². The van der Waals surface area contributed by atoms with Crippen LogP contribution in [0.1, 0.15) is 31.4 Å². The fourth-order valence-electron chi connectivity index (χ4n) is 2.06. The summed E-state index contributed by atoms with van der Waals surface area (Å²) < 4.78 is 11.2. The molecule has 0 aromatic heterocycles. The number of aliphatic hydroxyl groups is 1. The number of halogens is 1. The molecule has 0 bridgehead atoms. The van der Waals surface area contributed by atoms with Crippen LogP contribution in [0.15, 0.2) is 12.1 Å². The van der Waals surface area contributed by atoms with Gasteiger partial charge in [0, 0.05) is 6.42 Å². The predicted octanol–water partition coefficient (Wildman–Crippen LogP) is 2.53. The van der Waals surface area contributed by atoms with Crippen molar-refractivity contribution in [3.05, 3.63) is 22.7 Å². The Morgan fingerprint density at radius 2 is 2.16 bits per heavy atom. The summed E-state index contributed by atoms with van der Waals surface area (Å²) in [6.45, 7) is 4.19. The van der Waals surface area contributed by atoms with E-state index in [0.717, 1.165) is 24.9 Å². The third-order valence-electron chi connectivity index (χ3n) is 3.05. The molecule has 1 aromatic carbocycles. The van der Waals surface area contributed by atoms with Gasteiger partial charge in [-0.05, 0) is 30.7 Å². The standard InChI is InChI=1S/C14H20ClNO3/c1-2-4-16-12(9-17)10-7-11(15)14-13(8-10)18-5-3-6-19-14/h7-8,12,16-17H,2-6,9H2,1H3. The Balaban J connectivity index is 2.26. The molecular formula is C14H20ClNO3. The molecule has 106 valence electrons. The third kappa shape index (κ3) is 3.53.